The Balaban J connectivity index is 2.03. The molecule has 9 nitrogen and oxygen atoms in total. The largest absolute Gasteiger partial charge is 0.465 e. The monoisotopic (exact) mass is 306 g/mol. The van der Waals surface area contributed by atoms with Crippen LogP contribution in [0.2, 0.25) is 0 Å². The van der Waals surface area contributed by atoms with Gasteiger partial charge in [-0.1, -0.05) is 0 Å². The number of nitrogens with zero attached hydrogens (tertiary/aromatic N) is 2. The van der Waals surface area contributed by atoms with Crippen LogP contribution in [0.25, 0.3) is 0 Å². The van der Waals surface area contributed by atoms with Crippen molar-refractivity contribution >= 4 is 11.8 Å². The average molecular weight is 306 g/mol. The maximum Gasteiger partial charge on any atom is 0.227 e. The van der Waals surface area contributed by atoms with Gasteiger partial charge in [-0.3, -0.25) is 10.8 Å². The van der Waals surface area contributed by atoms with E-state index < -0.39 is 12.0 Å². The van der Waals surface area contributed by atoms with Gasteiger partial charge in [0.1, 0.15) is 5.82 Å². The molecule has 3 rings (SSSR count). The molecule has 9 heteroatoms. The van der Waals surface area contributed by atoms with Gasteiger partial charge in [0.2, 0.25) is 5.95 Å². The van der Waals surface area contributed by atoms with Crippen LogP contribution in [0.15, 0.2) is 28.9 Å². The number of nitrogens with two attached hydrogens (primary N) is 1. The van der Waals surface area contributed by atoms with E-state index in [-0.39, 0.29) is 11.3 Å². The molecule has 0 amide bonds. The van der Waals surface area contributed by atoms with E-state index in [0.29, 0.717) is 18.1 Å². The molecule has 0 bridgehead atoms. The van der Waals surface area contributed by atoms with E-state index in [1.807, 2.05) is 6.07 Å². The summed E-state index contributed by atoms with van der Waals surface area (Å²) in [4.78, 5) is 4.20. The molecule has 0 aliphatic carbocycles. The molecular formula is C13H18N6O3. The van der Waals surface area contributed by atoms with E-state index in [1.165, 1.54) is 10.7 Å². The second-order valence-electron chi connectivity index (χ2n) is 4.95. The first kappa shape index (κ1) is 14.4. The van der Waals surface area contributed by atoms with Crippen LogP contribution in [0.3, 0.4) is 0 Å². The summed E-state index contributed by atoms with van der Waals surface area (Å²) >= 11 is 0. The normalized spacial score (nSPS) is 19.8. The number of nitrogens with one attached hydrogen (secondary N) is 3. The quantitative estimate of drug-likeness (QED) is 0.588. The number of fused-ring (bicyclic) bond motifs is 1. The maximum absolute atomic E-state index is 8.01. The molecule has 2 aromatic rings. The van der Waals surface area contributed by atoms with E-state index in [0.717, 1.165) is 0 Å². The minimum atomic E-state index is -0.857. The highest BCUT2D eigenvalue weighted by Crippen LogP contribution is 2.34. The lowest BCUT2D eigenvalue weighted by atomic mass is 10.0. The summed E-state index contributed by atoms with van der Waals surface area (Å²) in [5, 5.41) is 11.2. The van der Waals surface area contributed by atoms with Gasteiger partial charge in [0, 0.05) is 26.7 Å². The van der Waals surface area contributed by atoms with Crippen molar-refractivity contribution < 1.29 is 13.9 Å². The van der Waals surface area contributed by atoms with E-state index in [1.54, 1.807) is 26.5 Å². The molecule has 0 saturated heterocycles. The van der Waals surface area contributed by atoms with E-state index in [4.69, 9.17) is 25.0 Å². The Labute approximate surface area is 126 Å². The van der Waals surface area contributed by atoms with Crippen LogP contribution in [-0.4, -0.2) is 30.2 Å². The van der Waals surface area contributed by atoms with Gasteiger partial charge in [-0.15, -0.1) is 0 Å². The van der Waals surface area contributed by atoms with Crippen molar-refractivity contribution in [2.45, 2.75) is 18.4 Å². The van der Waals surface area contributed by atoms with Gasteiger partial charge in [-0.05, 0) is 12.1 Å². The van der Waals surface area contributed by atoms with Crippen LogP contribution < -0.4 is 22.0 Å². The van der Waals surface area contributed by atoms with Crippen molar-refractivity contribution in [1.82, 2.24) is 9.66 Å². The molecule has 0 radical (unpaired) electrons. The summed E-state index contributed by atoms with van der Waals surface area (Å²) < 4.78 is 17.6. The Morgan fingerprint density at radius 2 is 2.27 bits per heavy atom. The Kier molecular flexibility index (Phi) is 3.51. The zero-order valence-electron chi connectivity index (χ0n) is 12.3. The second-order valence-corrected chi connectivity index (χ2v) is 4.95. The Morgan fingerprint density at radius 1 is 1.50 bits per heavy atom. The molecule has 2 aromatic heterocycles. The first-order chi connectivity index (χ1) is 10.6. The molecule has 0 saturated carbocycles. The highest BCUT2D eigenvalue weighted by atomic mass is 16.7. The summed E-state index contributed by atoms with van der Waals surface area (Å²) in [5.41, 5.74) is 8.22. The van der Waals surface area contributed by atoms with Gasteiger partial charge in [0.25, 0.3) is 0 Å². The first-order valence-corrected chi connectivity index (χ1v) is 6.68. The molecule has 0 fully saturated rings. The Hall–Kier alpha value is -2.52. The Bertz CT molecular complexity index is 709. The number of hydrogen-bond acceptors (Lipinski definition) is 8. The number of anilines is 2. The van der Waals surface area contributed by atoms with Gasteiger partial charge < -0.3 is 24.9 Å². The highest BCUT2D eigenvalue weighted by Gasteiger charge is 2.44. The highest BCUT2D eigenvalue weighted by molar-refractivity contribution is 5.46. The van der Waals surface area contributed by atoms with Crippen LogP contribution >= 0.6 is 0 Å². The van der Waals surface area contributed by atoms with Crippen LogP contribution in [0, 0.1) is 5.41 Å². The minimum absolute atomic E-state index is 0.176. The average Bonchev–Trinajstić information content (AvgIpc) is 3.12. The molecule has 0 aromatic carbocycles. The molecule has 5 N–H and O–H groups in total. The molecule has 1 atom stereocenters. The lowest BCUT2D eigenvalue weighted by Gasteiger charge is -2.30. The first-order valence-electron chi connectivity index (χ1n) is 6.68. The zero-order valence-corrected chi connectivity index (χ0v) is 12.3. The third-order valence-corrected chi connectivity index (χ3v) is 3.54. The van der Waals surface area contributed by atoms with Crippen molar-refractivity contribution in [2.75, 3.05) is 30.7 Å². The van der Waals surface area contributed by atoms with Gasteiger partial charge >= 0.3 is 0 Å². The molecule has 1 aliphatic heterocycles. The fraction of sp³-hybridized carbons (Fsp3) is 0.385. The number of aromatic nitrogens is 2. The van der Waals surface area contributed by atoms with Crippen LogP contribution in [-0.2, 0) is 15.1 Å². The van der Waals surface area contributed by atoms with Gasteiger partial charge in [0.05, 0.1) is 6.26 Å². The fourth-order valence-electron chi connectivity index (χ4n) is 2.48. The number of furan rings is 1. The predicted molar refractivity (Wildman–Crippen MR) is 78.3 cm³/mol. The number of methoxy groups -OCH3 is 2. The van der Waals surface area contributed by atoms with Crippen molar-refractivity contribution in [1.29, 1.82) is 5.41 Å². The van der Waals surface area contributed by atoms with Gasteiger partial charge in [0.15, 0.2) is 23.2 Å². The minimum Gasteiger partial charge on any atom is -0.465 e. The summed E-state index contributed by atoms with van der Waals surface area (Å²) in [6.07, 6.45) is 1.48. The third kappa shape index (κ3) is 2.30. The summed E-state index contributed by atoms with van der Waals surface area (Å²) in [5.74, 6) is 1.30. The van der Waals surface area contributed by atoms with Crippen molar-refractivity contribution in [3.05, 3.63) is 35.7 Å². The van der Waals surface area contributed by atoms with E-state index in [2.05, 4.69) is 15.7 Å². The molecule has 1 unspecified atom stereocenters. The van der Waals surface area contributed by atoms with Crippen LogP contribution in [0.1, 0.15) is 12.2 Å². The topological polar surface area (TPSA) is 123 Å². The molecule has 22 heavy (non-hydrogen) atoms. The predicted octanol–water partition coefficient (Wildman–Crippen LogP) is 0.369. The lowest BCUT2D eigenvalue weighted by Crippen LogP contribution is -2.45. The van der Waals surface area contributed by atoms with Crippen LogP contribution in [0.4, 0.5) is 11.8 Å². The molecule has 1 aliphatic rings. The van der Waals surface area contributed by atoms with E-state index in [9.17, 15) is 0 Å². The SMILES string of the molecule is COC(CC1(c2ccco2)Nc2nc(N)cc(=N)n2N1)OC. The van der Waals surface area contributed by atoms with Gasteiger partial charge in [-0.2, -0.15) is 4.98 Å². The van der Waals surface area contributed by atoms with Gasteiger partial charge in [-0.25, -0.2) is 4.68 Å². The number of ether oxygens (including phenoxy) is 2. The lowest BCUT2D eigenvalue weighted by molar-refractivity contribution is -0.115. The Morgan fingerprint density at radius 3 is 2.91 bits per heavy atom. The molecular weight excluding hydrogens is 288 g/mol. The van der Waals surface area contributed by atoms with Crippen LogP contribution in [0.5, 0.6) is 0 Å². The molecule has 3 heterocycles. The number of hydrogen-bond donors (Lipinski definition) is 4. The maximum atomic E-state index is 8.01. The summed E-state index contributed by atoms with van der Waals surface area (Å²) in [6.45, 7) is 0. The number of rotatable bonds is 5. The molecule has 0 spiro atoms. The smallest absolute Gasteiger partial charge is 0.227 e. The summed E-state index contributed by atoms with van der Waals surface area (Å²) in [6, 6.07) is 5.06. The fourth-order valence-corrected chi connectivity index (χ4v) is 2.48. The second kappa shape index (κ2) is 5.35. The third-order valence-electron chi connectivity index (χ3n) is 3.54. The number of nitrogen functional groups attached to an aromatic ring is 1. The zero-order chi connectivity index (χ0) is 15.7. The van der Waals surface area contributed by atoms with Crippen molar-refractivity contribution in [3.63, 3.8) is 0 Å². The van der Waals surface area contributed by atoms with Crippen molar-refractivity contribution in [2.24, 2.45) is 0 Å². The molecule has 118 valence electrons. The standard InChI is InChI=1S/C13H18N6O3/c1-20-11(21-2)7-13(8-4-3-5-22-8)17-12-16-9(14)6-10(15)19(12)18-13/h3-6,11,15,18H,7,14H2,1-2H3,(H,16,17). The van der Waals surface area contributed by atoms with E-state index >= 15 is 0 Å². The summed E-state index contributed by atoms with van der Waals surface area (Å²) in [7, 11) is 3.12. The van der Waals surface area contributed by atoms with Crippen molar-refractivity contribution in [3.8, 4) is 0 Å².